The number of rotatable bonds is 5. The Morgan fingerprint density at radius 2 is 2.04 bits per heavy atom. The average Bonchev–Trinajstić information content (AvgIpc) is 3.15. The van der Waals surface area contributed by atoms with Crippen molar-refractivity contribution in [2.75, 3.05) is 13.1 Å². The number of hydrogen-bond donors (Lipinski definition) is 2. The molecule has 0 bridgehead atoms. The molecule has 0 saturated carbocycles. The molecule has 2 heterocycles. The van der Waals surface area contributed by atoms with Crippen molar-refractivity contribution in [1.29, 1.82) is 0 Å². The van der Waals surface area contributed by atoms with E-state index in [2.05, 4.69) is 9.97 Å². The molecule has 2 N–H and O–H groups in total. The molecule has 1 unspecified atom stereocenters. The van der Waals surface area contributed by atoms with Crippen LogP contribution in [0, 0.1) is 5.92 Å². The number of aliphatic hydroxyl groups is 1. The molecule has 0 radical (unpaired) electrons. The quantitative estimate of drug-likeness (QED) is 0.865. The molecule has 1 aromatic carbocycles. The molecule has 1 fully saturated rings. The highest BCUT2D eigenvalue weighted by molar-refractivity contribution is 7.89. The number of H-pyrrole nitrogens is 1. The summed E-state index contributed by atoms with van der Waals surface area (Å²) in [7, 11) is -3.48. The number of piperidine rings is 1. The van der Waals surface area contributed by atoms with Crippen LogP contribution in [-0.2, 0) is 16.4 Å². The normalized spacial score (nSPS) is 18.6. The molecule has 1 atom stereocenters. The summed E-state index contributed by atoms with van der Waals surface area (Å²) in [6.07, 6.45) is 4.54. The summed E-state index contributed by atoms with van der Waals surface area (Å²) in [6, 6.07) is 7.17. The number of aromatic amines is 1. The van der Waals surface area contributed by atoms with E-state index in [1.807, 2.05) is 19.1 Å². The molecular formula is C17H23N3O3S. The smallest absolute Gasteiger partial charge is 0.243 e. The Morgan fingerprint density at radius 3 is 2.67 bits per heavy atom. The fourth-order valence-corrected chi connectivity index (χ4v) is 5.04. The molecule has 24 heavy (non-hydrogen) atoms. The largest absolute Gasteiger partial charge is 0.385 e. The number of aromatic nitrogens is 2. The molecule has 6 nitrogen and oxygen atoms in total. The van der Waals surface area contributed by atoms with Gasteiger partial charge in [-0.15, -0.1) is 0 Å². The second kappa shape index (κ2) is 7.04. The van der Waals surface area contributed by atoms with Gasteiger partial charge in [0.25, 0.3) is 0 Å². The van der Waals surface area contributed by atoms with Gasteiger partial charge in [-0.05, 0) is 36.8 Å². The number of aliphatic hydroxyl groups excluding tert-OH is 1. The lowest BCUT2D eigenvalue weighted by atomic mass is 9.92. The van der Waals surface area contributed by atoms with Crippen LogP contribution < -0.4 is 0 Å². The van der Waals surface area contributed by atoms with Crippen molar-refractivity contribution >= 4 is 10.0 Å². The lowest BCUT2D eigenvalue weighted by Crippen LogP contribution is -2.40. The number of nitrogens with one attached hydrogen (secondary N) is 1. The van der Waals surface area contributed by atoms with Crippen molar-refractivity contribution in [3.8, 4) is 0 Å². The van der Waals surface area contributed by atoms with E-state index < -0.39 is 16.1 Å². The van der Waals surface area contributed by atoms with Gasteiger partial charge in [0.2, 0.25) is 10.0 Å². The first-order chi connectivity index (χ1) is 11.5. The van der Waals surface area contributed by atoms with E-state index in [4.69, 9.17) is 0 Å². The third-order valence-electron chi connectivity index (χ3n) is 4.72. The van der Waals surface area contributed by atoms with Gasteiger partial charge in [0, 0.05) is 25.5 Å². The number of imidazole rings is 1. The predicted octanol–water partition coefficient (Wildman–Crippen LogP) is 2.11. The molecule has 1 saturated heterocycles. The molecule has 0 aliphatic carbocycles. The van der Waals surface area contributed by atoms with E-state index in [0.29, 0.717) is 43.1 Å². The van der Waals surface area contributed by atoms with Crippen molar-refractivity contribution in [2.24, 2.45) is 5.92 Å². The molecule has 2 aromatic rings. The van der Waals surface area contributed by atoms with Crippen LogP contribution in [0.25, 0.3) is 0 Å². The monoisotopic (exact) mass is 349 g/mol. The lowest BCUT2D eigenvalue weighted by Gasteiger charge is -2.33. The molecule has 0 spiro atoms. The highest BCUT2D eigenvalue weighted by atomic mass is 32.2. The lowest BCUT2D eigenvalue weighted by molar-refractivity contribution is 0.0696. The molecule has 130 valence electrons. The Balaban J connectivity index is 1.72. The molecular weight excluding hydrogens is 326 g/mol. The van der Waals surface area contributed by atoms with Gasteiger partial charge in [0.1, 0.15) is 11.9 Å². The summed E-state index contributed by atoms with van der Waals surface area (Å²) < 4.78 is 27.4. The molecule has 1 aliphatic heterocycles. The zero-order chi connectivity index (χ0) is 17.2. The van der Waals surface area contributed by atoms with Gasteiger partial charge >= 0.3 is 0 Å². The Morgan fingerprint density at radius 1 is 1.33 bits per heavy atom. The minimum atomic E-state index is -3.48. The topological polar surface area (TPSA) is 86.3 Å². The van der Waals surface area contributed by atoms with E-state index in [-0.39, 0.29) is 5.92 Å². The maximum absolute atomic E-state index is 12.9. The van der Waals surface area contributed by atoms with Crippen molar-refractivity contribution in [1.82, 2.24) is 14.3 Å². The van der Waals surface area contributed by atoms with Gasteiger partial charge in [-0.1, -0.05) is 25.1 Å². The van der Waals surface area contributed by atoms with Crippen LogP contribution in [-0.4, -0.2) is 40.9 Å². The van der Waals surface area contributed by atoms with Crippen LogP contribution in [0.3, 0.4) is 0 Å². The van der Waals surface area contributed by atoms with Gasteiger partial charge in [-0.3, -0.25) is 0 Å². The second-order valence-corrected chi connectivity index (χ2v) is 8.03. The maximum atomic E-state index is 12.9. The first-order valence-corrected chi connectivity index (χ1v) is 9.73. The van der Waals surface area contributed by atoms with Gasteiger partial charge in [0.15, 0.2) is 0 Å². The van der Waals surface area contributed by atoms with E-state index in [1.54, 1.807) is 24.5 Å². The Bertz CT molecular complexity index is 766. The fourth-order valence-electron chi connectivity index (χ4n) is 3.28. The highest BCUT2D eigenvalue weighted by Gasteiger charge is 2.33. The summed E-state index contributed by atoms with van der Waals surface area (Å²) in [5.74, 6) is 0.566. The Hall–Kier alpha value is -1.70. The molecule has 7 heteroatoms. The number of sulfonamides is 1. The van der Waals surface area contributed by atoms with E-state index in [1.165, 1.54) is 4.31 Å². The fraction of sp³-hybridized carbons (Fsp3) is 0.471. The summed E-state index contributed by atoms with van der Waals surface area (Å²) in [5.41, 5.74) is 0.843. The van der Waals surface area contributed by atoms with E-state index in [0.717, 1.165) is 5.56 Å². The first kappa shape index (κ1) is 17.1. The second-order valence-electron chi connectivity index (χ2n) is 6.12. The van der Waals surface area contributed by atoms with Crippen LogP contribution in [0.4, 0.5) is 0 Å². The summed E-state index contributed by atoms with van der Waals surface area (Å²) >= 11 is 0. The zero-order valence-corrected chi connectivity index (χ0v) is 14.5. The first-order valence-electron chi connectivity index (χ1n) is 8.29. The predicted molar refractivity (Wildman–Crippen MR) is 90.9 cm³/mol. The minimum Gasteiger partial charge on any atom is -0.385 e. The van der Waals surface area contributed by atoms with Crippen LogP contribution in [0.1, 0.15) is 37.3 Å². The Labute approximate surface area is 142 Å². The van der Waals surface area contributed by atoms with Gasteiger partial charge < -0.3 is 10.1 Å². The van der Waals surface area contributed by atoms with Crippen LogP contribution in [0.2, 0.25) is 0 Å². The van der Waals surface area contributed by atoms with E-state index >= 15 is 0 Å². The summed E-state index contributed by atoms with van der Waals surface area (Å²) in [4.78, 5) is 7.42. The van der Waals surface area contributed by atoms with Crippen LogP contribution >= 0.6 is 0 Å². The average molecular weight is 349 g/mol. The van der Waals surface area contributed by atoms with Crippen LogP contribution in [0.5, 0.6) is 0 Å². The maximum Gasteiger partial charge on any atom is 0.243 e. The van der Waals surface area contributed by atoms with Crippen molar-refractivity contribution in [2.45, 2.75) is 37.2 Å². The number of nitrogens with zero attached hydrogens (tertiary/aromatic N) is 2. The SMILES string of the molecule is CCc1ccccc1S(=O)(=O)N1CCC(C(O)c2ncc[nH]2)CC1. The van der Waals surface area contributed by atoms with E-state index in [9.17, 15) is 13.5 Å². The third kappa shape index (κ3) is 3.24. The minimum absolute atomic E-state index is 0.0176. The Kier molecular flexibility index (Phi) is 5.03. The summed E-state index contributed by atoms with van der Waals surface area (Å²) in [6.45, 7) is 2.80. The molecule has 3 rings (SSSR count). The van der Waals surface area contributed by atoms with Gasteiger partial charge in [-0.25, -0.2) is 13.4 Å². The molecule has 1 aliphatic rings. The summed E-state index contributed by atoms with van der Waals surface area (Å²) in [5, 5.41) is 10.4. The van der Waals surface area contributed by atoms with Crippen molar-refractivity contribution in [3.63, 3.8) is 0 Å². The highest BCUT2D eigenvalue weighted by Crippen LogP contribution is 2.32. The molecule has 1 aromatic heterocycles. The van der Waals surface area contributed by atoms with Gasteiger partial charge in [0.05, 0.1) is 4.90 Å². The third-order valence-corrected chi connectivity index (χ3v) is 6.72. The zero-order valence-electron chi connectivity index (χ0n) is 13.7. The number of aryl methyl sites for hydroxylation is 1. The number of benzene rings is 1. The molecule has 0 amide bonds. The van der Waals surface area contributed by atoms with Crippen molar-refractivity contribution < 1.29 is 13.5 Å². The number of hydrogen-bond acceptors (Lipinski definition) is 4. The van der Waals surface area contributed by atoms with Crippen LogP contribution in [0.15, 0.2) is 41.6 Å². The standard InChI is InChI=1S/C17H23N3O3S/c1-2-13-5-3-4-6-15(13)24(22,23)20-11-7-14(8-12-20)16(21)17-18-9-10-19-17/h3-6,9-10,14,16,21H,2,7-8,11-12H2,1H3,(H,18,19). The van der Waals surface area contributed by atoms with Crippen molar-refractivity contribution in [3.05, 3.63) is 48.0 Å². The van der Waals surface area contributed by atoms with Gasteiger partial charge in [-0.2, -0.15) is 4.31 Å².